The maximum atomic E-state index is 13.1. The summed E-state index contributed by atoms with van der Waals surface area (Å²) in [6.45, 7) is 8.55. The molecule has 2 bridgehead atoms. The Morgan fingerprint density at radius 2 is 1.23 bits per heavy atom. The molecule has 1 aliphatic heterocycles. The zero-order valence-electron chi connectivity index (χ0n) is 19.4. The normalized spacial score (nSPS) is 38.3. The van der Waals surface area contributed by atoms with Gasteiger partial charge in [0.05, 0.1) is 23.0 Å². The monoisotopic (exact) mass is 422 g/mol. The van der Waals surface area contributed by atoms with Crippen LogP contribution in [-0.2, 0) is 14.3 Å². The zero-order valence-corrected chi connectivity index (χ0v) is 19.4. The van der Waals surface area contributed by atoms with Gasteiger partial charge in [-0.2, -0.15) is 0 Å². The molecule has 1 saturated heterocycles. The van der Waals surface area contributed by atoms with E-state index in [-0.39, 0.29) is 35.9 Å². The molecular formula is C25H42O5. The molecule has 8 atom stereocenters. The average Bonchev–Trinajstić information content (AvgIpc) is 3.36. The number of hydrogen-bond acceptors (Lipinski definition) is 3. The molecule has 8 unspecified atom stereocenters. The molecule has 0 aromatic carbocycles. The van der Waals surface area contributed by atoms with Crippen molar-refractivity contribution in [1.82, 2.24) is 0 Å². The van der Waals surface area contributed by atoms with E-state index in [1.165, 1.54) is 0 Å². The highest BCUT2D eigenvalue weighted by atomic mass is 16.6. The fourth-order valence-corrected chi connectivity index (χ4v) is 7.29. The Kier molecular flexibility index (Phi) is 7.21. The SMILES string of the molecule is CCCCC(CC)CC1(C(=O)O)C2CC(C3OC32)C1(CC(CC)CCCC)C(=O)O. The molecule has 5 nitrogen and oxygen atoms in total. The lowest BCUT2D eigenvalue weighted by atomic mass is 9.50. The smallest absolute Gasteiger partial charge is 0.311 e. The van der Waals surface area contributed by atoms with E-state index in [1.54, 1.807) is 0 Å². The second kappa shape index (κ2) is 9.18. The van der Waals surface area contributed by atoms with E-state index >= 15 is 0 Å². The van der Waals surface area contributed by atoms with Gasteiger partial charge >= 0.3 is 11.9 Å². The Balaban J connectivity index is 2.04. The van der Waals surface area contributed by atoms with Crippen molar-refractivity contribution in [1.29, 1.82) is 0 Å². The van der Waals surface area contributed by atoms with E-state index < -0.39 is 22.8 Å². The molecule has 5 heteroatoms. The van der Waals surface area contributed by atoms with Crippen molar-refractivity contribution in [3.63, 3.8) is 0 Å². The van der Waals surface area contributed by atoms with Crippen LogP contribution >= 0.6 is 0 Å². The predicted octanol–water partition coefficient (Wildman–Crippen LogP) is 5.76. The van der Waals surface area contributed by atoms with Gasteiger partial charge in [0.15, 0.2) is 0 Å². The molecule has 2 aliphatic carbocycles. The van der Waals surface area contributed by atoms with Crippen LogP contribution in [-0.4, -0.2) is 34.4 Å². The van der Waals surface area contributed by atoms with Gasteiger partial charge in [0, 0.05) is 11.8 Å². The van der Waals surface area contributed by atoms with Gasteiger partial charge in [-0.05, 0) is 31.1 Å². The first-order chi connectivity index (χ1) is 14.3. The number of carboxylic acids is 2. The molecule has 0 aromatic heterocycles. The molecule has 3 aliphatic rings. The molecule has 0 aromatic rings. The summed E-state index contributed by atoms with van der Waals surface area (Å²) in [5, 5.41) is 21.4. The van der Waals surface area contributed by atoms with Crippen molar-refractivity contribution in [3.05, 3.63) is 0 Å². The number of fused-ring (bicyclic) bond motifs is 5. The van der Waals surface area contributed by atoms with Crippen LogP contribution in [0.25, 0.3) is 0 Å². The van der Waals surface area contributed by atoms with Crippen molar-refractivity contribution < 1.29 is 24.5 Å². The maximum Gasteiger partial charge on any atom is 0.311 e. The highest BCUT2D eigenvalue weighted by molar-refractivity contribution is 5.89. The molecule has 0 amide bonds. The van der Waals surface area contributed by atoms with Crippen LogP contribution in [0, 0.1) is 34.5 Å². The molecule has 0 spiro atoms. The molecule has 30 heavy (non-hydrogen) atoms. The third kappa shape index (κ3) is 3.49. The number of ether oxygens (including phenoxy) is 1. The Morgan fingerprint density at radius 1 is 0.833 bits per heavy atom. The summed E-state index contributed by atoms with van der Waals surface area (Å²) in [7, 11) is 0. The van der Waals surface area contributed by atoms with Gasteiger partial charge < -0.3 is 14.9 Å². The summed E-state index contributed by atoms with van der Waals surface area (Å²) in [6, 6.07) is 0. The number of aliphatic carboxylic acids is 2. The first-order valence-electron chi connectivity index (χ1n) is 12.5. The summed E-state index contributed by atoms with van der Waals surface area (Å²) in [4.78, 5) is 26.2. The molecule has 2 saturated carbocycles. The van der Waals surface area contributed by atoms with E-state index in [4.69, 9.17) is 4.74 Å². The standard InChI is InChI=1S/C25H42O5/c1-5-9-11-16(7-3)14-24(22(26)27)18-13-19(21-20(18)30-21)25(24,23(28)29)15-17(8-4)12-10-6-2/h16-21H,5-15H2,1-4H3,(H,26,27)(H,28,29). The molecule has 172 valence electrons. The van der Waals surface area contributed by atoms with Gasteiger partial charge in [0.2, 0.25) is 0 Å². The van der Waals surface area contributed by atoms with E-state index in [0.29, 0.717) is 19.3 Å². The van der Waals surface area contributed by atoms with Gasteiger partial charge in [0.25, 0.3) is 0 Å². The fraction of sp³-hybridized carbons (Fsp3) is 0.920. The molecular weight excluding hydrogens is 380 g/mol. The van der Waals surface area contributed by atoms with Crippen LogP contribution in [0.15, 0.2) is 0 Å². The van der Waals surface area contributed by atoms with E-state index in [2.05, 4.69) is 27.7 Å². The first kappa shape index (κ1) is 23.6. The van der Waals surface area contributed by atoms with Crippen molar-refractivity contribution in [2.75, 3.05) is 0 Å². The second-order valence-corrected chi connectivity index (χ2v) is 10.3. The number of epoxide rings is 1. The maximum absolute atomic E-state index is 13.1. The Labute approximate surface area is 182 Å². The largest absolute Gasteiger partial charge is 0.481 e. The van der Waals surface area contributed by atoms with Crippen LogP contribution in [0.1, 0.15) is 98.3 Å². The van der Waals surface area contributed by atoms with Crippen LogP contribution < -0.4 is 0 Å². The van der Waals surface area contributed by atoms with Crippen LogP contribution in [0.2, 0.25) is 0 Å². The summed E-state index contributed by atoms with van der Waals surface area (Å²) in [5.41, 5.74) is -2.40. The van der Waals surface area contributed by atoms with Crippen molar-refractivity contribution in [3.8, 4) is 0 Å². The van der Waals surface area contributed by atoms with E-state index in [9.17, 15) is 19.8 Å². The molecule has 1 heterocycles. The van der Waals surface area contributed by atoms with E-state index in [0.717, 1.165) is 51.4 Å². The first-order valence-corrected chi connectivity index (χ1v) is 12.5. The zero-order chi connectivity index (χ0) is 22.1. The molecule has 0 radical (unpaired) electrons. The molecule has 2 N–H and O–H groups in total. The summed E-state index contributed by atoms with van der Waals surface area (Å²) >= 11 is 0. The summed E-state index contributed by atoms with van der Waals surface area (Å²) in [6.07, 6.45) is 9.70. The van der Waals surface area contributed by atoms with Crippen LogP contribution in [0.3, 0.4) is 0 Å². The van der Waals surface area contributed by atoms with Gasteiger partial charge in [-0.3, -0.25) is 9.59 Å². The van der Waals surface area contributed by atoms with Gasteiger partial charge in [-0.1, -0.05) is 79.1 Å². The third-order valence-corrected chi connectivity index (χ3v) is 9.00. The fourth-order valence-electron chi connectivity index (χ4n) is 7.29. The van der Waals surface area contributed by atoms with Crippen molar-refractivity contribution >= 4 is 11.9 Å². The molecule has 3 rings (SSSR count). The number of carboxylic acid groups (broad SMARTS) is 2. The second-order valence-electron chi connectivity index (χ2n) is 10.3. The van der Waals surface area contributed by atoms with E-state index in [1.807, 2.05) is 0 Å². The van der Waals surface area contributed by atoms with Gasteiger partial charge in [-0.15, -0.1) is 0 Å². The number of rotatable bonds is 14. The topological polar surface area (TPSA) is 87.1 Å². The number of unbranched alkanes of at least 4 members (excludes halogenated alkanes) is 2. The lowest BCUT2D eigenvalue weighted by molar-refractivity contribution is -0.185. The highest BCUT2D eigenvalue weighted by Crippen LogP contribution is 2.76. The summed E-state index contributed by atoms with van der Waals surface area (Å²) < 4.78 is 5.92. The van der Waals surface area contributed by atoms with Gasteiger partial charge in [-0.25, -0.2) is 0 Å². The Bertz CT molecular complexity index is 581. The Hall–Kier alpha value is -1.10. The minimum absolute atomic E-state index is 0.0297. The highest BCUT2D eigenvalue weighted by Gasteiger charge is 2.83. The number of carbonyl (C=O) groups is 2. The van der Waals surface area contributed by atoms with Crippen molar-refractivity contribution in [2.45, 2.75) is 111 Å². The predicted molar refractivity (Wildman–Crippen MR) is 116 cm³/mol. The molecule has 3 fully saturated rings. The number of hydrogen-bond donors (Lipinski definition) is 2. The van der Waals surface area contributed by atoms with Crippen molar-refractivity contribution in [2.24, 2.45) is 34.5 Å². The quantitative estimate of drug-likeness (QED) is 0.348. The van der Waals surface area contributed by atoms with Gasteiger partial charge in [0.1, 0.15) is 0 Å². The minimum atomic E-state index is -1.20. The van der Waals surface area contributed by atoms with Crippen LogP contribution in [0.4, 0.5) is 0 Å². The average molecular weight is 423 g/mol. The van der Waals surface area contributed by atoms with Crippen LogP contribution in [0.5, 0.6) is 0 Å². The third-order valence-electron chi connectivity index (χ3n) is 9.00. The Morgan fingerprint density at radius 3 is 1.53 bits per heavy atom. The lowest BCUT2D eigenvalue weighted by Gasteiger charge is -2.49. The minimum Gasteiger partial charge on any atom is -0.481 e. The summed E-state index contributed by atoms with van der Waals surface area (Å²) in [5.74, 6) is -1.56. The lowest BCUT2D eigenvalue weighted by Crippen LogP contribution is -2.59.